The monoisotopic (exact) mass is 394 g/mol. The number of carbonyl (C=O) groups is 2. The first-order chi connectivity index (χ1) is 12.8. The first kappa shape index (κ1) is 21.1. The number of morpholine rings is 1. The molecule has 1 aromatic rings. The van der Waals surface area contributed by atoms with Gasteiger partial charge in [-0.3, -0.25) is 19.2 Å². The Kier molecular flexibility index (Phi) is 7.16. The van der Waals surface area contributed by atoms with Gasteiger partial charge in [-0.1, -0.05) is 0 Å². The smallest absolute Gasteiger partial charge is 0.435 e. The molecular formula is C15H21F3N4O5. The predicted octanol–water partition coefficient (Wildman–Crippen LogP) is -0.493. The van der Waals surface area contributed by atoms with Gasteiger partial charge in [-0.2, -0.15) is 18.3 Å². The lowest BCUT2D eigenvalue weighted by Crippen LogP contribution is -2.49. The molecule has 1 amide bonds. The number of likely N-dealkylation sites (tertiary alicyclic amines) is 1. The first-order valence-corrected chi connectivity index (χ1v) is 8.22. The number of halogens is 3. The van der Waals surface area contributed by atoms with Crippen LogP contribution in [0.25, 0.3) is 0 Å². The van der Waals surface area contributed by atoms with Crippen molar-refractivity contribution in [2.45, 2.75) is 24.9 Å². The molecule has 0 saturated carbocycles. The van der Waals surface area contributed by atoms with Crippen molar-refractivity contribution in [3.8, 4) is 0 Å². The van der Waals surface area contributed by atoms with Crippen LogP contribution in [0.15, 0.2) is 12.3 Å². The number of hydrogen-bond acceptors (Lipinski definition) is 6. The highest BCUT2D eigenvalue weighted by Crippen LogP contribution is 2.27. The van der Waals surface area contributed by atoms with Crippen molar-refractivity contribution in [3.05, 3.63) is 18.0 Å². The summed E-state index contributed by atoms with van der Waals surface area (Å²) >= 11 is 0. The summed E-state index contributed by atoms with van der Waals surface area (Å²) in [5.41, 5.74) is -1.03. The molecule has 0 radical (unpaired) electrons. The number of amides is 1. The summed E-state index contributed by atoms with van der Waals surface area (Å²) in [6.07, 6.45) is -4.07. The second-order valence-corrected chi connectivity index (χ2v) is 6.08. The van der Waals surface area contributed by atoms with Crippen LogP contribution in [0.3, 0.4) is 0 Å². The molecule has 1 aromatic heterocycles. The number of carbonyl (C=O) groups excluding carboxylic acids is 1. The largest absolute Gasteiger partial charge is 0.483 e. The molecule has 2 atom stereocenters. The number of rotatable bonds is 3. The Balaban J connectivity index is 0.000000817. The van der Waals surface area contributed by atoms with E-state index in [4.69, 9.17) is 14.6 Å². The van der Waals surface area contributed by atoms with Crippen molar-refractivity contribution >= 4 is 12.4 Å². The van der Waals surface area contributed by atoms with E-state index in [-0.39, 0.29) is 31.5 Å². The molecule has 2 aliphatic rings. The summed E-state index contributed by atoms with van der Waals surface area (Å²) in [7, 11) is 0. The fraction of sp³-hybridized carbons (Fsp3) is 0.667. The third-order valence-corrected chi connectivity index (χ3v) is 4.35. The molecule has 12 heteroatoms. The average Bonchev–Trinajstić information content (AvgIpc) is 3.23. The van der Waals surface area contributed by atoms with Gasteiger partial charge in [0, 0.05) is 32.4 Å². The van der Waals surface area contributed by atoms with E-state index in [9.17, 15) is 23.1 Å². The number of aliphatic hydroxyl groups excluding tert-OH is 1. The van der Waals surface area contributed by atoms with Crippen molar-refractivity contribution < 1.29 is 37.7 Å². The standard InChI is InChI=1S/C14H19F3N4O3.CH2O2/c15-14(16,17)12-1-2-21(18-12)9-13(23)20-7-10(11(22)8-20)19-3-5-24-6-4-19;2-1-3/h1-2,10-11,22H,3-9H2;1H,(H,2,3)/t10-,11-;/m1./s1. The van der Waals surface area contributed by atoms with Crippen molar-refractivity contribution in [2.75, 3.05) is 39.4 Å². The zero-order valence-electron chi connectivity index (χ0n) is 14.4. The van der Waals surface area contributed by atoms with E-state index in [0.29, 0.717) is 32.8 Å². The van der Waals surface area contributed by atoms with Crippen LogP contribution in [0.5, 0.6) is 0 Å². The van der Waals surface area contributed by atoms with E-state index >= 15 is 0 Å². The number of hydrogen-bond donors (Lipinski definition) is 2. The van der Waals surface area contributed by atoms with Gasteiger partial charge in [-0.15, -0.1) is 0 Å². The van der Waals surface area contributed by atoms with Crippen LogP contribution in [-0.4, -0.2) is 93.7 Å². The van der Waals surface area contributed by atoms with Gasteiger partial charge in [-0.05, 0) is 6.07 Å². The Hall–Kier alpha value is -2.18. The van der Waals surface area contributed by atoms with Gasteiger partial charge >= 0.3 is 6.18 Å². The molecule has 2 N–H and O–H groups in total. The summed E-state index contributed by atoms with van der Waals surface area (Å²) in [6, 6.07) is 0.670. The summed E-state index contributed by atoms with van der Waals surface area (Å²) in [5, 5.41) is 20.5. The van der Waals surface area contributed by atoms with Crippen LogP contribution >= 0.6 is 0 Å². The van der Waals surface area contributed by atoms with Crippen molar-refractivity contribution in [1.29, 1.82) is 0 Å². The molecule has 0 spiro atoms. The minimum Gasteiger partial charge on any atom is -0.483 e. The van der Waals surface area contributed by atoms with Crippen molar-refractivity contribution in [2.24, 2.45) is 0 Å². The molecule has 0 unspecified atom stereocenters. The highest BCUT2D eigenvalue weighted by molar-refractivity contribution is 5.76. The minimum atomic E-state index is -4.53. The Morgan fingerprint density at radius 1 is 1.33 bits per heavy atom. The van der Waals surface area contributed by atoms with Gasteiger partial charge in [0.25, 0.3) is 6.47 Å². The van der Waals surface area contributed by atoms with Gasteiger partial charge in [0.2, 0.25) is 5.91 Å². The van der Waals surface area contributed by atoms with Gasteiger partial charge in [0.05, 0.1) is 25.4 Å². The molecular weight excluding hydrogens is 373 g/mol. The lowest BCUT2D eigenvalue weighted by molar-refractivity contribution is -0.142. The molecule has 9 nitrogen and oxygen atoms in total. The minimum absolute atomic E-state index is 0.166. The van der Waals surface area contributed by atoms with E-state index in [1.54, 1.807) is 0 Å². The molecule has 0 aliphatic carbocycles. The van der Waals surface area contributed by atoms with Gasteiger partial charge in [0.15, 0.2) is 5.69 Å². The Bertz CT molecular complexity index is 633. The first-order valence-electron chi connectivity index (χ1n) is 8.22. The van der Waals surface area contributed by atoms with Crippen LogP contribution < -0.4 is 0 Å². The van der Waals surface area contributed by atoms with Gasteiger partial charge < -0.3 is 19.8 Å². The van der Waals surface area contributed by atoms with Crippen LogP contribution in [0, 0.1) is 0 Å². The molecule has 0 aromatic carbocycles. The lowest BCUT2D eigenvalue weighted by atomic mass is 10.2. The quantitative estimate of drug-likeness (QED) is 0.666. The van der Waals surface area contributed by atoms with Crippen molar-refractivity contribution in [3.63, 3.8) is 0 Å². The van der Waals surface area contributed by atoms with Crippen LogP contribution in [0.4, 0.5) is 13.2 Å². The number of alkyl halides is 3. The van der Waals surface area contributed by atoms with Gasteiger partial charge in [0.1, 0.15) is 6.54 Å². The summed E-state index contributed by atoms with van der Waals surface area (Å²) < 4.78 is 43.8. The zero-order valence-corrected chi connectivity index (χ0v) is 14.4. The Morgan fingerprint density at radius 3 is 2.52 bits per heavy atom. The molecule has 3 heterocycles. The molecule has 152 valence electrons. The average molecular weight is 394 g/mol. The van der Waals surface area contributed by atoms with Crippen LogP contribution in [-0.2, 0) is 27.0 Å². The highest BCUT2D eigenvalue weighted by Gasteiger charge is 2.38. The van der Waals surface area contributed by atoms with E-state index in [1.807, 2.05) is 0 Å². The number of ether oxygens (including phenoxy) is 1. The second kappa shape index (κ2) is 9.15. The second-order valence-electron chi connectivity index (χ2n) is 6.08. The van der Waals surface area contributed by atoms with Crippen molar-refractivity contribution in [1.82, 2.24) is 19.6 Å². The third kappa shape index (κ3) is 5.65. The summed E-state index contributed by atoms with van der Waals surface area (Å²) in [5.74, 6) is -0.360. The Morgan fingerprint density at radius 2 is 1.96 bits per heavy atom. The van der Waals surface area contributed by atoms with Crippen LogP contribution in [0.2, 0.25) is 0 Å². The topological polar surface area (TPSA) is 108 Å². The predicted molar refractivity (Wildman–Crippen MR) is 84.7 cm³/mol. The van der Waals surface area contributed by atoms with E-state index < -0.39 is 18.0 Å². The maximum Gasteiger partial charge on any atom is 0.435 e. The summed E-state index contributed by atoms with van der Waals surface area (Å²) in [6.45, 7) is 2.56. The Labute approximate surface area is 152 Å². The van der Waals surface area contributed by atoms with E-state index in [2.05, 4.69) is 10.00 Å². The molecule has 2 saturated heterocycles. The molecule has 2 aliphatic heterocycles. The maximum atomic E-state index is 12.5. The molecule has 0 bridgehead atoms. The van der Waals surface area contributed by atoms with Gasteiger partial charge in [-0.25, -0.2) is 0 Å². The SMILES string of the molecule is O=C(Cn1ccc(C(F)(F)F)n1)N1C[C@@H](O)[C@H](N2CCOCC2)C1.O=CO. The number of β-amino-alcohol motifs (C(OH)–C–C–N with tert-alkyl or cyclic N) is 1. The maximum absolute atomic E-state index is 12.5. The fourth-order valence-electron chi connectivity index (χ4n) is 3.08. The molecule has 3 rings (SSSR count). The normalized spacial score (nSPS) is 23.6. The summed E-state index contributed by atoms with van der Waals surface area (Å²) in [4.78, 5) is 24.2. The zero-order chi connectivity index (χ0) is 20.0. The molecule has 27 heavy (non-hydrogen) atoms. The number of aliphatic hydroxyl groups is 1. The van der Waals surface area contributed by atoms with E-state index in [1.165, 1.54) is 4.90 Å². The van der Waals surface area contributed by atoms with Crippen LogP contribution in [0.1, 0.15) is 5.69 Å². The number of aromatic nitrogens is 2. The van der Waals surface area contributed by atoms with E-state index in [0.717, 1.165) is 16.9 Å². The lowest BCUT2D eigenvalue weighted by Gasteiger charge is -2.33. The highest BCUT2D eigenvalue weighted by atomic mass is 19.4. The third-order valence-electron chi connectivity index (χ3n) is 4.35. The number of nitrogens with zero attached hydrogens (tertiary/aromatic N) is 4. The fourth-order valence-corrected chi connectivity index (χ4v) is 3.08. The molecule has 2 fully saturated rings. The number of carboxylic acid groups (broad SMARTS) is 1.